The fraction of sp³-hybridized carbons (Fsp3) is 0.846. The van der Waals surface area contributed by atoms with Crippen molar-refractivity contribution in [1.29, 1.82) is 0 Å². The number of hydrogen-bond acceptors (Lipinski definition) is 10. The van der Waals surface area contributed by atoms with Crippen LogP contribution in [0.2, 0.25) is 0 Å². The molecule has 0 saturated heterocycles. The topological polar surface area (TPSA) is 195 Å². The molecule has 0 heterocycles. The van der Waals surface area contributed by atoms with Crippen molar-refractivity contribution in [1.82, 2.24) is 0 Å². The lowest BCUT2D eigenvalue weighted by atomic mass is 10.2. The molecule has 13 nitrogen and oxygen atoms in total. The molecule has 0 radical (unpaired) electrons. The van der Waals surface area contributed by atoms with Gasteiger partial charge in [0, 0.05) is 13.3 Å². The number of phosphoric ester groups is 2. The van der Waals surface area contributed by atoms with E-state index in [0.29, 0.717) is 6.42 Å². The number of aliphatic hydroxyl groups is 1. The second-order valence-electron chi connectivity index (χ2n) is 5.52. The van der Waals surface area contributed by atoms with Gasteiger partial charge >= 0.3 is 27.6 Å². The molecule has 0 bridgehead atoms. The van der Waals surface area contributed by atoms with Crippen molar-refractivity contribution in [3.63, 3.8) is 0 Å². The second-order valence-corrected chi connectivity index (χ2v) is 8.21. The Hall–Kier alpha value is -0.880. The molecule has 4 N–H and O–H groups in total. The molecular formula is C13H26O13P2. The Labute approximate surface area is 161 Å². The smallest absolute Gasteiger partial charge is 0.462 e. The van der Waals surface area contributed by atoms with Crippen molar-refractivity contribution in [2.45, 2.75) is 45.3 Å². The van der Waals surface area contributed by atoms with E-state index >= 15 is 0 Å². The fourth-order valence-electron chi connectivity index (χ4n) is 1.52. The van der Waals surface area contributed by atoms with Gasteiger partial charge in [0.2, 0.25) is 0 Å². The third kappa shape index (κ3) is 16.1. The summed E-state index contributed by atoms with van der Waals surface area (Å²) in [4.78, 5) is 49.1. The molecule has 0 aliphatic rings. The van der Waals surface area contributed by atoms with E-state index in [1.54, 1.807) is 0 Å². The summed E-state index contributed by atoms with van der Waals surface area (Å²) in [5.41, 5.74) is 0. The minimum atomic E-state index is -4.82. The molecule has 0 aliphatic heterocycles. The van der Waals surface area contributed by atoms with E-state index in [1.165, 1.54) is 0 Å². The molecule has 0 rings (SSSR count). The van der Waals surface area contributed by atoms with Crippen LogP contribution < -0.4 is 0 Å². The summed E-state index contributed by atoms with van der Waals surface area (Å²) in [6.45, 7) is 0.246. The number of rotatable bonds is 15. The van der Waals surface area contributed by atoms with Crippen LogP contribution in [0.1, 0.15) is 33.1 Å². The van der Waals surface area contributed by atoms with Crippen molar-refractivity contribution in [3.8, 4) is 0 Å². The highest BCUT2D eigenvalue weighted by Gasteiger charge is 2.27. The van der Waals surface area contributed by atoms with Gasteiger partial charge in [-0.15, -0.1) is 0 Å². The predicted molar refractivity (Wildman–Crippen MR) is 91.8 cm³/mol. The molecule has 15 heteroatoms. The Morgan fingerprint density at radius 1 is 0.964 bits per heavy atom. The van der Waals surface area contributed by atoms with Crippen LogP contribution in [0.15, 0.2) is 0 Å². The lowest BCUT2D eigenvalue weighted by Crippen LogP contribution is -2.29. The summed E-state index contributed by atoms with van der Waals surface area (Å²) in [6, 6.07) is 0. The highest BCUT2D eigenvalue weighted by Crippen LogP contribution is 2.43. The average molecular weight is 452 g/mol. The van der Waals surface area contributed by atoms with E-state index in [1.807, 2.05) is 6.92 Å². The first-order valence-electron chi connectivity index (χ1n) is 8.17. The van der Waals surface area contributed by atoms with Crippen LogP contribution in [0, 0.1) is 0 Å². The van der Waals surface area contributed by atoms with Gasteiger partial charge in [0.25, 0.3) is 0 Å². The van der Waals surface area contributed by atoms with Crippen molar-refractivity contribution in [2.75, 3.05) is 26.4 Å². The zero-order valence-electron chi connectivity index (χ0n) is 15.5. The van der Waals surface area contributed by atoms with E-state index < -0.39 is 66.2 Å². The van der Waals surface area contributed by atoms with E-state index in [4.69, 9.17) is 19.3 Å². The summed E-state index contributed by atoms with van der Waals surface area (Å²) < 4.78 is 45.1. The molecule has 0 saturated carbocycles. The van der Waals surface area contributed by atoms with Crippen molar-refractivity contribution in [3.05, 3.63) is 0 Å². The van der Waals surface area contributed by atoms with Gasteiger partial charge < -0.3 is 29.3 Å². The highest BCUT2D eigenvalue weighted by molar-refractivity contribution is 7.47. The summed E-state index contributed by atoms with van der Waals surface area (Å²) in [5.74, 6) is -1.27. The van der Waals surface area contributed by atoms with Crippen molar-refractivity contribution >= 4 is 27.6 Å². The summed E-state index contributed by atoms with van der Waals surface area (Å²) in [7, 11) is -9.53. The second kappa shape index (κ2) is 13.4. The zero-order chi connectivity index (χ0) is 21.8. The maximum Gasteiger partial charge on any atom is 0.472 e. The quantitative estimate of drug-likeness (QED) is 0.195. The maximum atomic E-state index is 11.8. The minimum absolute atomic E-state index is 0.103. The average Bonchev–Trinajstić information content (AvgIpc) is 2.58. The number of esters is 2. The van der Waals surface area contributed by atoms with E-state index in [2.05, 4.69) is 13.6 Å². The molecule has 0 aromatic rings. The summed E-state index contributed by atoms with van der Waals surface area (Å²) in [5, 5.41) is 9.39. The van der Waals surface area contributed by atoms with Crippen LogP contribution in [-0.4, -0.2) is 70.4 Å². The molecule has 0 aliphatic carbocycles. The summed E-state index contributed by atoms with van der Waals surface area (Å²) in [6.07, 6.45) is -1.38. The Kier molecular flexibility index (Phi) is 12.9. The van der Waals surface area contributed by atoms with E-state index in [0.717, 1.165) is 13.3 Å². The fourth-order valence-corrected chi connectivity index (χ4v) is 2.67. The van der Waals surface area contributed by atoms with Gasteiger partial charge in [-0.3, -0.25) is 23.2 Å². The first-order chi connectivity index (χ1) is 12.8. The van der Waals surface area contributed by atoms with Crippen LogP contribution in [0.5, 0.6) is 0 Å². The van der Waals surface area contributed by atoms with Gasteiger partial charge in [-0.2, -0.15) is 0 Å². The summed E-state index contributed by atoms with van der Waals surface area (Å²) >= 11 is 0. The van der Waals surface area contributed by atoms with Gasteiger partial charge in [-0.05, 0) is 6.42 Å². The highest BCUT2D eigenvalue weighted by atomic mass is 31.2. The molecular weight excluding hydrogens is 426 g/mol. The third-order valence-corrected chi connectivity index (χ3v) is 4.23. The Bertz CT molecular complexity index is 575. The van der Waals surface area contributed by atoms with Crippen LogP contribution in [0.4, 0.5) is 0 Å². The lowest BCUT2D eigenvalue weighted by Gasteiger charge is -2.20. The van der Waals surface area contributed by atoms with Crippen molar-refractivity contribution < 1.29 is 61.6 Å². The van der Waals surface area contributed by atoms with Crippen LogP contribution >= 0.6 is 15.6 Å². The Morgan fingerprint density at radius 3 is 2.07 bits per heavy atom. The number of aliphatic hydroxyl groups excluding tert-OH is 1. The molecule has 0 aromatic heterocycles. The van der Waals surface area contributed by atoms with Gasteiger partial charge in [0.15, 0.2) is 6.10 Å². The lowest BCUT2D eigenvalue weighted by molar-refractivity contribution is -0.160. The Morgan fingerprint density at radius 2 is 1.54 bits per heavy atom. The first-order valence-corrected chi connectivity index (χ1v) is 11.2. The molecule has 0 amide bonds. The van der Waals surface area contributed by atoms with Gasteiger partial charge in [-0.1, -0.05) is 13.3 Å². The molecule has 28 heavy (non-hydrogen) atoms. The van der Waals surface area contributed by atoms with Gasteiger partial charge in [0.1, 0.15) is 12.7 Å². The van der Waals surface area contributed by atoms with Gasteiger partial charge in [0.05, 0.1) is 19.8 Å². The predicted octanol–water partition coefficient (Wildman–Crippen LogP) is 0.255. The third-order valence-electron chi connectivity index (χ3n) is 2.79. The monoisotopic (exact) mass is 452 g/mol. The Balaban J connectivity index is 4.52. The number of carbonyl (C=O) groups is 2. The van der Waals surface area contributed by atoms with Crippen molar-refractivity contribution in [2.24, 2.45) is 0 Å². The zero-order valence-corrected chi connectivity index (χ0v) is 17.3. The first kappa shape index (κ1) is 27.1. The number of phosphoric acid groups is 2. The molecule has 0 fully saturated rings. The molecule has 0 spiro atoms. The number of carbonyl (C=O) groups excluding carboxylic acids is 2. The van der Waals surface area contributed by atoms with Crippen LogP contribution in [0.25, 0.3) is 0 Å². The maximum absolute atomic E-state index is 11.8. The normalized spacial score (nSPS) is 16.1. The molecule has 3 atom stereocenters. The molecule has 1 unspecified atom stereocenters. The number of unbranched alkanes of at least 4 members (excludes halogenated alkanes) is 1. The van der Waals surface area contributed by atoms with Crippen LogP contribution in [0.3, 0.4) is 0 Å². The number of hydrogen-bond donors (Lipinski definition) is 4. The minimum Gasteiger partial charge on any atom is -0.462 e. The SMILES string of the molecule is CCCCC(=O)O[C@H](COC(C)=O)COP(=O)(O)OC[C@@H](O)COP(=O)(O)O. The van der Waals surface area contributed by atoms with Gasteiger partial charge in [-0.25, -0.2) is 9.13 Å². The van der Waals surface area contributed by atoms with E-state index in [9.17, 15) is 28.7 Å². The standard InChI is InChI=1S/C13H26O13P2/c1-3-4-5-13(16)26-12(8-22-10(2)14)9-25-28(20,21)24-7-11(15)6-23-27(17,18)19/h11-12,15H,3-9H2,1-2H3,(H,20,21)(H2,17,18,19)/t11-,12+/m0/s1. The molecule has 166 valence electrons. The number of ether oxygens (including phenoxy) is 2. The van der Waals surface area contributed by atoms with E-state index in [-0.39, 0.29) is 6.42 Å². The largest absolute Gasteiger partial charge is 0.472 e. The van der Waals surface area contributed by atoms with Crippen LogP contribution in [-0.2, 0) is 41.8 Å². The molecule has 0 aromatic carbocycles.